The molecule has 0 saturated carbocycles. The predicted molar refractivity (Wildman–Crippen MR) is 77.6 cm³/mol. The van der Waals surface area contributed by atoms with Crippen molar-refractivity contribution in [3.63, 3.8) is 0 Å². The van der Waals surface area contributed by atoms with Gasteiger partial charge in [-0.15, -0.1) is 11.3 Å². The zero-order chi connectivity index (χ0) is 14.4. The fraction of sp³-hybridized carbons (Fsp3) is 0.667. The molecule has 0 aliphatic carbocycles. The Morgan fingerprint density at radius 3 is 2.74 bits per heavy atom. The summed E-state index contributed by atoms with van der Waals surface area (Å²) in [5, 5.41) is 14.8. The van der Waals surface area contributed by atoms with Crippen LogP contribution >= 0.6 is 11.3 Å². The van der Waals surface area contributed by atoms with E-state index in [1.54, 1.807) is 30.2 Å². The quantitative estimate of drug-likeness (QED) is 0.822. The number of nitrogens with zero attached hydrogens (tertiary/aromatic N) is 3. The largest absolute Gasteiger partial charge is 0.393 e. The molecule has 1 aromatic rings. The van der Waals surface area contributed by atoms with Crippen LogP contribution in [-0.2, 0) is 6.54 Å². The van der Waals surface area contributed by atoms with Gasteiger partial charge in [0.15, 0.2) is 5.13 Å². The fourth-order valence-corrected chi connectivity index (χ4v) is 2.12. The first-order valence-corrected chi connectivity index (χ1v) is 7.07. The van der Waals surface area contributed by atoms with Crippen LogP contribution in [-0.4, -0.2) is 54.8 Å². The van der Waals surface area contributed by atoms with E-state index in [2.05, 4.69) is 10.3 Å². The highest BCUT2D eigenvalue weighted by molar-refractivity contribution is 7.13. The molecular formula is C12H22N4O2S. The topological polar surface area (TPSA) is 68.7 Å². The molecule has 1 atom stereocenters. The molecule has 0 aliphatic heterocycles. The van der Waals surface area contributed by atoms with Crippen LogP contribution in [0, 0.1) is 0 Å². The van der Waals surface area contributed by atoms with Crippen molar-refractivity contribution < 1.29 is 9.90 Å². The number of anilines is 1. The molecule has 1 heterocycles. The number of carbonyl (C=O) groups is 1. The lowest BCUT2D eigenvalue weighted by Gasteiger charge is -2.18. The first-order valence-electron chi connectivity index (χ1n) is 6.19. The van der Waals surface area contributed by atoms with Gasteiger partial charge >= 0.3 is 6.03 Å². The number of urea groups is 1. The van der Waals surface area contributed by atoms with Gasteiger partial charge in [0.05, 0.1) is 18.3 Å². The molecule has 0 radical (unpaired) electrons. The Kier molecular flexibility index (Phi) is 6.04. The van der Waals surface area contributed by atoms with Crippen LogP contribution in [0.2, 0.25) is 0 Å². The minimum absolute atomic E-state index is 0.153. The van der Waals surface area contributed by atoms with Crippen molar-refractivity contribution in [2.45, 2.75) is 26.0 Å². The number of amides is 2. The van der Waals surface area contributed by atoms with Crippen molar-refractivity contribution in [2.75, 3.05) is 32.6 Å². The molecular weight excluding hydrogens is 264 g/mol. The molecule has 19 heavy (non-hydrogen) atoms. The van der Waals surface area contributed by atoms with Crippen LogP contribution in [0.1, 0.15) is 19.0 Å². The molecule has 2 N–H and O–H groups in total. The summed E-state index contributed by atoms with van der Waals surface area (Å²) in [5.74, 6) is 0. The van der Waals surface area contributed by atoms with Crippen molar-refractivity contribution in [3.8, 4) is 0 Å². The van der Waals surface area contributed by atoms with E-state index in [1.165, 1.54) is 0 Å². The van der Waals surface area contributed by atoms with E-state index in [0.717, 1.165) is 10.8 Å². The van der Waals surface area contributed by atoms with Gasteiger partial charge in [-0.3, -0.25) is 0 Å². The van der Waals surface area contributed by atoms with Gasteiger partial charge in [0.2, 0.25) is 0 Å². The van der Waals surface area contributed by atoms with Gasteiger partial charge in [-0.25, -0.2) is 9.78 Å². The van der Waals surface area contributed by atoms with Crippen molar-refractivity contribution in [2.24, 2.45) is 0 Å². The highest BCUT2D eigenvalue weighted by Crippen LogP contribution is 2.17. The van der Waals surface area contributed by atoms with E-state index in [0.29, 0.717) is 19.5 Å². The van der Waals surface area contributed by atoms with Gasteiger partial charge in [0.1, 0.15) is 0 Å². The standard InChI is InChI=1S/C12H22N4O2S/c1-9(17)5-6-16(4)11(18)13-7-10-8-19-12(14-10)15(2)3/h8-9,17H,5-7H2,1-4H3,(H,13,18). The second kappa shape index (κ2) is 7.30. The Hall–Kier alpha value is -1.34. The number of rotatable bonds is 6. The molecule has 1 aromatic heterocycles. The summed E-state index contributed by atoms with van der Waals surface area (Å²) < 4.78 is 0. The van der Waals surface area contributed by atoms with Crippen LogP contribution in [0.5, 0.6) is 0 Å². The Labute approximate surface area is 118 Å². The molecule has 0 bridgehead atoms. The second-order valence-corrected chi connectivity index (χ2v) is 5.57. The summed E-state index contributed by atoms with van der Waals surface area (Å²) >= 11 is 1.55. The van der Waals surface area contributed by atoms with Gasteiger partial charge in [-0.05, 0) is 13.3 Å². The fourth-order valence-electron chi connectivity index (χ4n) is 1.37. The van der Waals surface area contributed by atoms with E-state index < -0.39 is 6.10 Å². The van der Waals surface area contributed by atoms with Crippen molar-refractivity contribution in [1.29, 1.82) is 0 Å². The molecule has 1 unspecified atom stereocenters. The highest BCUT2D eigenvalue weighted by atomic mass is 32.1. The summed E-state index contributed by atoms with van der Waals surface area (Å²) in [6.45, 7) is 2.66. The highest BCUT2D eigenvalue weighted by Gasteiger charge is 2.10. The van der Waals surface area contributed by atoms with E-state index in [1.807, 2.05) is 24.4 Å². The summed E-state index contributed by atoms with van der Waals surface area (Å²) in [4.78, 5) is 19.7. The maximum Gasteiger partial charge on any atom is 0.317 e. The summed E-state index contributed by atoms with van der Waals surface area (Å²) in [7, 11) is 5.58. The summed E-state index contributed by atoms with van der Waals surface area (Å²) in [6, 6.07) is -0.153. The number of nitrogens with one attached hydrogen (secondary N) is 1. The number of thiazole rings is 1. The van der Waals surface area contributed by atoms with Crippen LogP contribution in [0.25, 0.3) is 0 Å². The number of aromatic nitrogens is 1. The molecule has 0 aliphatic rings. The van der Waals surface area contributed by atoms with E-state index in [9.17, 15) is 9.90 Å². The van der Waals surface area contributed by atoms with Gasteiger partial charge in [-0.1, -0.05) is 0 Å². The summed E-state index contributed by atoms with van der Waals surface area (Å²) in [6.07, 6.45) is 0.183. The van der Waals surface area contributed by atoms with Crippen LogP contribution in [0.4, 0.5) is 9.93 Å². The lowest BCUT2D eigenvalue weighted by atomic mass is 10.3. The average Bonchev–Trinajstić information content (AvgIpc) is 2.81. The van der Waals surface area contributed by atoms with Gasteiger partial charge in [0, 0.05) is 33.1 Å². The van der Waals surface area contributed by atoms with E-state index in [4.69, 9.17) is 0 Å². The van der Waals surface area contributed by atoms with E-state index >= 15 is 0 Å². The summed E-state index contributed by atoms with van der Waals surface area (Å²) in [5.41, 5.74) is 0.853. The second-order valence-electron chi connectivity index (χ2n) is 4.73. The average molecular weight is 286 g/mol. The minimum Gasteiger partial charge on any atom is -0.393 e. The lowest BCUT2D eigenvalue weighted by Crippen LogP contribution is -2.38. The molecule has 0 aromatic carbocycles. The molecule has 6 nitrogen and oxygen atoms in total. The van der Waals surface area contributed by atoms with Crippen molar-refractivity contribution in [1.82, 2.24) is 15.2 Å². The van der Waals surface area contributed by atoms with Gasteiger partial charge in [0.25, 0.3) is 0 Å². The molecule has 0 fully saturated rings. The maximum atomic E-state index is 11.8. The number of carbonyl (C=O) groups excluding carboxylic acids is 1. The molecule has 108 valence electrons. The van der Waals surface area contributed by atoms with Crippen LogP contribution in [0.3, 0.4) is 0 Å². The third-order valence-corrected chi connectivity index (χ3v) is 3.63. The SMILES string of the molecule is CC(O)CCN(C)C(=O)NCc1csc(N(C)C)n1. The zero-order valence-electron chi connectivity index (χ0n) is 11.9. The van der Waals surface area contributed by atoms with Crippen molar-refractivity contribution >= 4 is 22.5 Å². The molecule has 0 saturated heterocycles. The maximum absolute atomic E-state index is 11.8. The number of aliphatic hydroxyl groups excluding tert-OH is 1. The zero-order valence-corrected chi connectivity index (χ0v) is 12.7. The molecule has 1 rings (SSSR count). The number of aliphatic hydroxyl groups is 1. The lowest BCUT2D eigenvalue weighted by molar-refractivity contribution is 0.163. The minimum atomic E-state index is -0.392. The first-order chi connectivity index (χ1) is 8.90. The monoisotopic (exact) mass is 286 g/mol. The Balaban J connectivity index is 2.36. The molecule has 7 heteroatoms. The third-order valence-electron chi connectivity index (χ3n) is 2.57. The Bertz CT molecular complexity index is 406. The van der Waals surface area contributed by atoms with E-state index in [-0.39, 0.29) is 6.03 Å². The Morgan fingerprint density at radius 2 is 2.21 bits per heavy atom. The normalized spacial score (nSPS) is 12.1. The third kappa shape index (κ3) is 5.44. The van der Waals surface area contributed by atoms with Crippen molar-refractivity contribution in [3.05, 3.63) is 11.1 Å². The smallest absolute Gasteiger partial charge is 0.317 e. The molecule has 2 amide bonds. The predicted octanol–water partition coefficient (Wildman–Crippen LogP) is 1.12. The van der Waals surface area contributed by atoms with Crippen LogP contribution < -0.4 is 10.2 Å². The molecule has 0 spiro atoms. The van der Waals surface area contributed by atoms with Crippen LogP contribution in [0.15, 0.2) is 5.38 Å². The van der Waals surface area contributed by atoms with Gasteiger partial charge in [-0.2, -0.15) is 0 Å². The number of hydrogen-bond acceptors (Lipinski definition) is 5. The number of hydrogen-bond donors (Lipinski definition) is 2. The van der Waals surface area contributed by atoms with Gasteiger partial charge < -0.3 is 20.2 Å². The Morgan fingerprint density at radius 1 is 1.53 bits per heavy atom. The first kappa shape index (κ1) is 15.7.